The molecule has 0 aliphatic rings. The minimum atomic E-state index is -0.476. The normalized spacial score (nSPS) is 14.8. The van der Waals surface area contributed by atoms with Crippen molar-refractivity contribution in [2.45, 2.75) is 58.1 Å². The number of carbonyl (C=O) groups is 1. The summed E-state index contributed by atoms with van der Waals surface area (Å²) in [6, 6.07) is 0. The lowest BCUT2D eigenvalue weighted by atomic mass is 10.0. The number of alkyl halides is 1. The average Bonchev–Trinajstić information content (AvgIpc) is 1.79. The Labute approximate surface area is 91.2 Å². The third kappa shape index (κ3) is 5.32. The van der Waals surface area contributed by atoms with Crippen LogP contribution in [0.15, 0.2) is 0 Å². The van der Waals surface area contributed by atoms with Crippen LogP contribution in [0.1, 0.15) is 41.5 Å². The Morgan fingerprint density at radius 2 is 1.71 bits per heavy atom. The predicted octanol–water partition coefficient (Wildman–Crippen LogP) is 2.92. The van der Waals surface area contributed by atoms with Gasteiger partial charge in [0.25, 0.3) is 0 Å². The van der Waals surface area contributed by atoms with Gasteiger partial charge in [0.05, 0.1) is 10.9 Å². The molecule has 0 bridgehead atoms. The van der Waals surface area contributed by atoms with Gasteiger partial charge < -0.3 is 10.1 Å². The first-order valence-electron chi connectivity index (χ1n) is 4.70. The maximum Gasteiger partial charge on any atom is 0.408 e. The van der Waals surface area contributed by atoms with Crippen molar-refractivity contribution in [3.05, 3.63) is 0 Å². The molecule has 4 heteroatoms. The van der Waals surface area contributed by atoms with E-state index in [1.807, 2.05) is 41.5 Å². The standard InChI is InChI=1S/C10H20ClNO2/c1-7(11)10(5,6)12-8(13)14-9(2,3)4/h7H,1-6H3,(H,12,13). The van der Waals surface area contributed by atoms with Crippen molar-refractivity contribution in [2.24, 2.45) is 0 Å². The first-order chi connectivity index (χ1) is 6.04. The van der Waals surface area contributed by atoms with Crippen LogP contribution in [0.25, 0.3) is 0 Å². The summed E-state index contributed by atoms with van der Waals surface area (Å²) >= 11 is 5.91. The van der Waals surface area contributed by atoms with E-state index in [-0.39, 0.29) is 5.38 Å². The largest absolute Gasteiger partial charge is 0.444 e. The SMILES string of the molecule is CC(Cl)C(C)(C)NC(=O)OC(C)(C)C. The molecule has 0 spiro atoms. The molecule has 0 fully saturated rings. The number of nitrogens with one attached hydrogen (secondary N) is 1. The van der Waals surface area contributed by atoms with Gasteiger partial charge in [-0.1, -0.05) is 0 Å². The van der Waals surface area contributed by atoms with E-state index in [1.165, 1.54) is 0 Å². The number of halogens is 1. The van der Waals surface area contributed by atoms with Gasteiger partial charge in [0.2, 0.25) is 0 Å². The number of amides is 1. The fourth-order valence-electron chi connectivity index (χ4n) is 0.666. The van der Waals surface area contributed by atoms with Gasteiger partial charge in [0.15, 0.2) is 0 Å². The summed E-state index contributed by atoms with van der Waals surface area (Å²) in [6.07, 6.45) is -0.435. The smallest absolute Gasteiger partial charge is 0.408 e. The van der Waals surface area contributed by atoms with Crippen molar-refractivity contribution in [2.75, 3.05) is 0 Å². The molecule has 1 amide bonds. The van der Waals surface area contributed by atoms with Crippen LogP contribution in [0.5, 0.6) is 0 Å². The Morgan fingerprint density at radius 1 is 1.29 bits per heavy atom. The topological polar surface area (TPSA) is 38.3 Å². The van der Waals surface area contributed by atoms with Crippen LogP contribution in [-0.2, 0) is 4.74 Å². The first-order valence-corrected chi connectivity index (χ1v) is 5.13. The highest BCUT2D eigenvalue weighted by molar-refractivity contribution is 6.21. The van der Waals surface area contributed by atoms with Crippen LogP contribution < -0.4 is 5.32 Å². The molecule has 0 saturated carbocycles. The Morgan fingerprint density at radius 3 is 2.00 bits per heavy atom. The van der Waals surface area contributed by atoms with Crippen molar-refractivity contribution < 1.29 is 9.53 Å². The summed E-state index contributed by atoms with van der Waals surface area (Å²) in [5, 5.41) is 2.56. The van der Waals surface area contributed by atoms with Crippen LogP contribution in [0.4, 0.5) is 4.79 Å². The van der Waals surface area contributed by atoms with Gasteiger partial charge in [-0.2, -0.15) is 0 Å². The van der Waals surface area contributed by atoms with Gasteiger partial charge in [-0.15, -0.1) is 11.6 Å². The molecule has 0 radical (unpaired) electrons. The van der Waals surface area contributed by atoms with Gasteiger partial charge in [0, 0.05) is 0 Å². The van der Waals surface area contributed by atoms with Gasteiger partial charge in [-0.05, 0) is 41.5 Å². The van der Waals surface area contributed by atoms with E-state index in [4.69, 9.17) is 16.3 Å². The number of alkyl carbamates (subject to hydrolysis) is 1. The van der Waals surface area contributed by atoms with Crippen molar-refractivity contribution in [3.63, 3.8) is 0 Å². The highest BCUT2D eigenvalue weighted by atomic mass is 35.5. The van der Waals surface area contributed by atoms with E-state index in [2.05, 4.69) is 5.32 Å². The second-order valence-electron chi connectivity index (χ2n) is 4.96. The van der Waals surface area contributed by atoms with Crippen molar-refractivity contribution in [3.8, 4) is 0 Å². The summed E-state index contributed by atoms with van der Waals surface area (Å²) in [6.45, 7) is 11.0. The molecule has 0 saturated heterocycles. The zero-order valence-corrected chi connectivity index (χ0v) is 10.5. The molecule has 0 rings (SSSR count). The van der Waals surface area contributed by atoms with Crippen LogP contribution >= 0.6 is 11.6 Å². The zero-order chi connectivity index (χ0) is 11.6. The third-order valence-electron chi connectivity index (χ3n) is 1.82. The average molecular weight is 222 g/mol. The summed E-state index contributed by atoms with van der Waals surface area (Å²) in [4.78, 5) is 11.4. The maximum atomic E-state index is 11.4. The van der Waals surface area contributed by atoms with Crippen molar-refractivity contribution in [1.29, 1.82) is 0 Å². The molecule has 0 aromatic rings. The molecule has 0 aliphatic heterocycles. The Bertz CT molecular complexity index is 207. The molecule has 0 aromatic carbocycles. The lowest BCUT2D eigenvalue weighted by molar-refractivity contribution is 0.0472. The summed E-state index contributed by atoms with van der Waals surface area (Å²) in [5.74, 6) is 0. The third-order valence-corrected chi connectivity index (χ3v) is 2.36. The zero-order valence-electron chi connectivity index (χ0n) is 9.77. The summed E-state index contributed by atoms with van der Waals surface area (Å²) < 4.78 is 5.12. The molecule has 1 N–H and O–H groups in total. The molecule has 3 nitrogen and oxygen atoms in total. The van der Waals surface area contributed by atoms with Gasteiger partial charge in [-0.3, -0.25) is 0 Å². The van der Waals surface area contributed by atoms with Crippen LogP contribution in [0.3, 0.4) is 0 Å². The monoisotopic (exact) mass is 221 g/mol. The molecule has 1 unspecified atom stereocenters. The molecular weight excluding hydrogens is 202 g/mol. The predicted molar refractivity (Wildman–Crippen MR) is 58.8 cm³/mol. The number of hydrogen-bond acceptors (Lipinski definition) is 2. The minimum Gasteiger partial charge on any atom is -0.444 e. The number of rotatable bonds is 2. The molecular formula is C10H20ClNO2. The van der Waals surface area contributed by atoms with E-state index < -0.39 is 17.2 Å². The van der Waals surface area contributed by atoms with E-state index in [9.17, 15) is 4.79 Å². The molecule has 0 aromatic heterocycles. The minimum absolute atomic E-state index is 0.157. The second-order valence-corrected chi connectivity index (χ2v) is 5.62. The van der Waals surface area contributed by atoms with Gasteiger partial charge in [-0.25, -0.2) is 4.79 Å². The fourth-order valence-corrected chi connectivity index (χ4v) is 0.721. The van der Waals surface area contributed by atoms with Gasteiger partial charge in [0.1, 0.15) is 5.60 Å². The number of carbonyl (C=O) groups excluding carboxylic acids is 1. The number of hydrogen-bond donors (Lipinski definition) is 1. The van der Waals surface area contributed by atoms with E-state index in [0.717, 1.165) is 0 Å². The van der Waals surface area contributed by atoms with E-state index in [1.54, 1.807) is 0 Å². The Balaban J connectivity index is 4.20. The van der Waals surface area contributed by atoms with Crippen molar-refractivity contribution in [1.82, 2.24) is 5.32 Å². The van der Waals surface area contributed by atoms with Crippen LogP contribution in [0.2, 0.25) is 0 Å². The highest BCUT2D eigenvalue weighted by Gasteiger charge is 2.28. The summed E-state index contributed by atoms with van der Waals surface area (Å²) in [5.41, 5.74) is -0.945. The van der Waals surface area contributed by atoms with E-state index >= 15 is 0 Å². The number of ether oxygens (including phenoxy) is 1. The fraction of sp³-hybridized carbons (Fsp3) is 0.900. The highest BCUT2D eigenvalue weighted by Crippen LogP contribution is 2.16. The van der Waals surface area contributed by atoms with E-state index in [0.29, 0.717) is 0 Å². The Kier molecular flexibility index (Phi) is 4.25. The quantitative estimate of drug-likeness (QED) is 0.729. The summed E-state index contributed by atoms with van der Waals surface area (Å²) in [7, 11) is 0. The first kappa shape index (κ1) is 13.6. The Hall–Kier alpha value is -0.440. The lowest BCUT2D eigenvalue weighted by Crippen LogP contribution is -2.50. The molecule has 0 aliphatic carbocycles. The molecule has 1 atom stereocenters. The van der Waals surface area contributed by atoms with Crippen LogP contribution in [-0.4, -0.2) is 22.6 Å². The van der Waals surface area contributed by atoms with Crippen LogP contribution in [0, 0.1) is 0 Å². The molecule has 84 valence electrons. The van der Waals surface area contributed by atoms with Crippen molar-refractivity contribution >= 4 is 17.7 Å². The molecule has 0 heterocycles. The molecule has 14 heavy (non-hydrogen) atoms. The maximum absolute atomic E-state index is 11.4. The second kappa shape index (κ2) is 4.39. The van der Waals surface area contributed by atoms with Gasteiger partial charge >= 0.3 is 6.09 Å². The lowest BCUT2D eigenvalue weighted by Gasteiger charge is -2.30.